The standard InChI is InChI=1S/C15H21N3OS/c1-9(2)11(4)16-14(19)8-20-15-17-12-6-5-10(3)7-13(12)18-15/h5-7,9,11H,8H2,1-4H3,(H,16,19)(H,17,18)/t11-/m0/s1. The van der Waals surface area contributed by atoms with Crippen molar-refractivity contribution in [3.8, 4) is 0 Å². The molecule has 0 saturated heterocycles. The summed E-state index contributed by atoms with van der Waals surface area (Å²) in [6, 6.07) is 6.29. The van der Waals surface area contributed by atoms with Gasteiger partial charge in [-0.25, -0.2) is 4.98 Å². The molecule has 1 aromatic carbocycles. The first-order valence-corrected chi connectivity index (χ1v) is 7.83. The minimum absolute atomic E-state index is 0.0489. The highest BCUT2D eigenvalue weighted by molar-refractivity contribution is 7.99. The van der Waals surface area contributed by atoms with Crippen LogP contribution in [0.4, 0.5) is 0 Å². The van der Waals surface area contributed by atoms with Gasteiger partial charge in [-0.1, -0.05) is 31.7 Å². The molecule has 1 heterocycles. The molecular formula is C15H21N3OS. The van der Waals surface area contributed by atoms with Gasteiger partial charge in [0.25, 0.3) is 0 Å². The molecule has 108 valence electrons. The number of benzene rings is 1. The van der Waals surface area contributed by atoms with Gasteiger partial charge in [-0.3, -0.25) is 4.79 Å². The Balaban J connectivity index is 1.94. The summed E-state index contributed by atoms with van der Waals surface area (Å²) in [4.78, 5) is 19.5. The maximum absolute atomic E-state index is 11.8. The van der Waals surface area contributed by atoms with Gasteiger partial charge in [0.1, 0.15) is 0 Å². The number of rotatable bonds is 5. The lowest BCUT2D eigenvalue weighted by atomic mass is 10.1. The van der Waals surface area contributed by atoms with Crippen LogP contribution < -0.4 is 5.32 Å². The fourth-order valence-corrected chi connectivity index (χ4v) is 2.46. The van der Waals surface area contributed by atoms with Crippen molar-refractivity contribution in [2.45, 2.75) is 38.9 Å². The Morgan fingerprint density at radius 3 is 2.85 bits per heavy atom. The number of aryl methyl sites for hydroxylation is 1. The predicted molar refractivity (Wildman–Crippen MR) is 84.0 cm³/mol. The van der Waals surface area contributed by atoms with Crippen LogP contribution in [0.25, 0.3) is 11.0 Å². The number of H-pyrrole nitrogens is 1. The number of carbonyl (C=O) groups excluding carboxylic acids is 1. The summed E-state index contributed by atoms with van der Waals surface area (Å²) in [5.41, 5.74) is 3.15. The van der Waals surface area contributed by atoms with Crippen LogP contribution in [0.15, 0.2) is 23.4 Å². The SMILES string of the molecule is Cc1ccc2nc(SCC(=O)N[C@@H](C)C(C)C)[nH]c2c1. The summed E-state index contributed by atoms with van der Waals surface area (Å²) in [6.07, 6.45) is 0. The monoisotopic (exact) mass is 291 g/mol. The number of amides is 1. The number of fused-ring (bicyclic) bond motifs is 1. The number of aromatic nitrogens is 2. The van der Waals surface area contributed by atoms with Gasteiger partial charge in [0.15, 0.2) is 5.16 Å². The van der Waals surface area contributed by atoms with E-state index in [-0.39, 0.29) is 11.9 Å². The van der Waals surface area contributed by atoms with E-state index in [0.717, 1.165) is 16.2 Å². The van der Waals surface area contributed by atoms with Crippen molar-refractivity contribution >= 4 is 28.7 Å². The largest absolute Gasteiger partial charge is 0.353 e. The van der Waals surface area contributed by atoms with Gasteiger partial charge >= 0.3 is 0 Å². The number of thioether (sulfide) groups is 1. The van der Waals surface area contributed by atoms with Crippen LogP contribution in [0.1, 0.15) is 26.3 Å². The molecule has 20 heavy (non-hydrogen) atoms. The zero-order valence-electron chi connectivity index (χ0n) is 12.4. The zero-order chi connectivity index (χ0) is 14.7. The van der Waals surface area contributed by atoms with Gasteiger partial charge in [-0.05, 0) is 37.5 Å². The molecule has 4 nitrogen and oxygen atoms in total. The van der Waals surface area contributed by atoms with Gasteiger partial charge in [0.2, 0.25) is 5.91 Å². The number of imidazole rings is 1. The van der Waals surface area contributed by atoms with E-state index in [4.69, 9.17) is 0 Å². The summed E-state index contributed by atoms with van der Waals surface area (Å²) in [6.45, 7) is 8.27. The maximum Gasteiger partial charge on any atom is 0.230 e. The smallest absolute Gasteiger partial charge is 0.230 e. The molecule has 0 bridgehead atoms. The van der Waals surface area contributed by atoms with Gasteiger partial charge in [0.05, 0.1) is 16.8 Å². The van der Waals surface area contributed by atoms with Crippen molar-refractivity contribution in [1.29, 1.82) is 0 Å². The number of nitrogens with one attached hydrogen (secondary N) is 2. The van der Waals surface area contributed by atoms with E-state index in [1.807, 2.05) is 26.0 Å². The molecule has 2 aromatic rings. The molecule has 0 unspecified atom stereocenters. The molecular weight excluding hydrogens is 270 g/mol. The summed E-state index contributed by atoms with van der Waals surface area (Å²) < 4.78 is 0. The second kappa shape index (κ2) is 6.31. The van der Waals surface area contributed by atoms with Gasteiger partial charge in [0, 0.05) is 6.04 Å². The molecule has 2 rings (SSSR count). The number of hydrogen-bond acceptors (Lipinski definition) is 3. The quantitative estimate of drug-likeness (QED) is 0.832. The van der Waals surface area contributed by atoms with Crippen LogP contribution in [0.5, 0.6) is 0 Å². The molecule has 0 aliphatic carbocycles. The van der Waals surface area contributed by atoms with Crippen molar-refractivity contribution < 1.29 is 4.79 Å². The maximum atomic E-state index is 11.8. The Morgan fingerprint density at radius 1 is 1.40 bits per heavy atom. The van der Waals surface area contributed by atoms with Crippen LogP contribution >= 0.6 is 11.8 Å². The highest BCUT2D eigenvalue weighted by Gasteiger charge is 2.12. The van der Waals surface area contributed by atoms with E-state index in [9.17, 15) is 4.79 Å². The summed E-state index contributed by atoms with van der Waals surface area (Å²) in [5.74, 6) is 0.876. The first-order chi connectivity index (χ1) is 9.45. The molecule has 0 spiro atoms. The van der Waals surface area contributed by atoms with Crippen LogP contribution in [-0.4, -0.2) is 27.7 Å². The van der Waals surface area contributed by atoms with Crippen LogP contribution in [0.3, 0.4) is 0 Å². The third kappa shape index (κ3) is 3.76. The summed E-state index contributed by atoms with van der Waals surface area (Å²) >= 11 is 1.44. The number of carbonyl (C=O) groups is 1. The lowest BCUT2D eigenvalue weighted by molar-refractivity contribution is -0.119. The van der Waals surface area contributed by atoms with E-state index >= 15 is 0 Å². The Kier molecular flexibility index (Phi) is 4.70. The van der Waals surface area contributed by atoms with Crippen molar-refractivity contribution in [3.63, 3.8) is 0 Å². The third-order valence-corrected chi connectivity index (χ3v) is 4.22. The zero-order valence-corrected chi connectivity index (χ0v) is 13.2. The first-order valence-electron chi connectivity index (χ1n) is 6.84. The van der Waals surface area contributed by atoms with E-state index in [1.54, 1.807) is 0 Å². The molecule has 2 N–H and O–H groups in total. The molecule has 1 atom stereocenters. The van der Waals surface area contributed by atoms with Crippen LogP contribution in [-0.2, 0) is 4.79 Å². The van der Waals surface area contributed by atoms with Crippen molar-refractivity contribution in [2.75, 3.05) is 5.75 Å². The first kappa shape index (κ1) is 14.9. The average Bonchev–Trinajstić information content (AvgIpc) is 2.78. The number of aromatic amines is 1. The highest BCUT2D eigenvalue weighted by Crippen LogP contribution is 2.20. The summed E-state index contributed by atoms with van der Waals surface area (Å²) in [7, 11) is 0. The second-order valence-corrected chi connectivity index (χ2v) is 6.42. The normalized spacial score (nSPS) is 12.8. The molecule has 0 fully saturated rings. The van der Waals surface area contributed by atoms with E-state index in [2.05, 4.69) is 35.2 Å². The van der Waals surface area contributed by atoms with E-state index < -0.39 is 0 Å². The highest BCUT2D eigenvalue weighted by atomic mass is 32.2. The van der Waals surface area contributed by atoms with E-state index in [0.29, 0.717) is 11.7 Å². The minimum atomic E-state index is 0.0489. The lowest BCUT2D eigenvalue weighted by Gasteiger charge is -2.16. The Hall–Kier alpha value is -1.49. The van der Waals surface area contributed by atoms with Crippen molar-refractivity contribution in [1.82, 2.24) is 15.3 Å². The van der Waals surface area contributed by atoms with Crippen LogP contribution in [0, 0.1) is 12.8 Å². The molecule has 0 aliphatic rings. The van der Waals surface area contributed by atoms with Crippen molar-refractivity contribution in [3.05, 3.63) is 23.8 Å². The number of hydrogen-bond donors (Lipinski definition) is 2. The Morgan fingerprint density at radius 2 is 2.15 bits per heavy atom. The predicted octanol–water partition coefficient (Wildman–Crippen LogP) is 3.12. The molecule has 1 aromatic heterocycles. The second-order valence-electron chi connectivity index (χ2n) is 5.45. The molecule has 0 aliphatic heterocycles. The number of nitrogens with zero attached hydrogens (tertiary/aromatic N) is 1. The molecule has 5 heteroatoms. The Bertz CT molecular complexity index is 606. The minimum Gasteiger partial charge on any atom is -0.353 e. The van der Waals surface area contributed by atoms with E-state index in [1.165, 1.54) is 17.3 Å². The molecule has 1 amide bonds. The fourth-order valence-electron chi connectivity index (χ4n) is 1.76. The molecule has 0 radical (unpaired) electrons. The summed E-state index contributed by atoms with van der Waals surface area (Å²) in [5, 5.41) is 3.78. The van der Waals surface area contributed by atoms with Gasteiger partial charge in [-0.15, -0.1) is 0 Å². The van der Waals surface area contributed by atoms with Crippen molar-refractivity contribution in [2.24, 2.45) is 5.92 Å². The lowest BCUT2D eigenvalue weighted by Crippen LogP contribution is -2.37. The van der Waals surface area contributed by atoms with Crippen LogP contribution in [0.2, 0.25) is 0 Å². The fraction of sp³-hybridized carbons (Fsp3) is 0.467. The van der Waals surface area contributed by atoms with Gasteiger partial charge in [-0.2, -0.15) is 0 Å². The topological polar surface area (TPSA) is 57.8 Å². The average molecular weight is 291 g/mol. The van der Waals surface area contributed by atoms with Gasteiger partial charge < -0.3 is 10.3 Å². The third-order valence-electron chi connectivity index (χ3n) is 3.34. The Labute approximate surface area is 123 Å². The molecule has 0 saturated carbocycles.